The highest BCUT2D eigenvalue weighted by atomic mass is 16.5. The van der Waals surface area contributed by atoms with Gasteiger partial charge in [0, 0.05) is 18.3 Å². The van der Waals surface area contributed by atoms with Crippen LogP contribution in [0.25, 0.3) is 0 Å². The topological polar surface area (TPSA) is 79.5 Å². The van der Waals surface area contributed by atoms with Crippen LogP contribution in [0, 0.1) is 0 Å². The third-order valence-electron chi connectivity index (χ3n) is 4.50. The molecule has 3 aromatic carbocycles. The average Bonchev–Trinajstić information content (AvgIpc) is 2.79. The van der Waals surface area contributed by atoms with Crippen molar-refractivity contribution in [2.24, 2.45) is 0 Å². The van der Waals surface area contributed by atoms with Crippen LogP contribution >= 0.6 is 0 Å². The molecule has 0 heterocycles. The lowest BCUT2D eigenvalue weighted by Crippen LogP contribution is -2.27. The number of anilines is 2. The van der Waals surface area contributed by atoms with Crippen molar-refractivity contribution >= 4 is 23.2 Å². The molecule has 0 saturated carbocycles. The quantitative estimate of drug-likeness (QED) is 0.526. The van der Waals surface area contributed by atoms with Gasteiger partial charge in [0.1, 0.15) is 11.8 Å². The van der Waals surface area contributed by atoms with E-state index in [2.05, 4.69) is 16.0 Å². The number of carbonyl (C=O) groups excluding carboxylic acids is 2. The van der Waals surface area contributed by atoms with Crippen molar-refractivity contribution in [1.29, 1.82) is 0 Å². The molecule has 0 saturated heterocycles. The Morgan fingerprint density at radius 2 is 1.67 bits per heavy atom. The molecule has 0 radical (unpaired) electrons. The molecule has 0 aromatic heterocycles. The first-order valence-corrected chi connectivity index (χ1v) is 9.78. The maximum atomic E-state index is 13.2. The van der Waals surface area contributed by atoms with Crippen LogP contribution in [0.15, 0.2) is 78.9 Å². The van der Waals surface area contributed by atoms with Crippen LogP contribution in [-0.4, -0.2) is 25.5 Å². The van der Waals surface area contributed by atoms with Gasteiger partial charge >= 0.3 is 0 Å². The number of rotatable bonds is 8. The maximum absolute atomic E-state index is 13.2. The molecule has 0 aliphatic rings. The molecule has 3 aromatic rings. The Kier molecular flexibility index (Phi) is 7.05. The van der Waals surface area contributed by atoms with E-state index < -0.39 is 6.04 Å². The van der Waals surface area contributed by atoms with E-state index in [0.717, 1.165) is 5.56 Å². The standard InChI is InChI=1S/C24H25N3O3/c1-3-30-21-15-8-7-14-20(21)27-24(29)22(17-10-5-4-6-11-17)26-19-13-9-12-18(16-19)23(28)25-2/h4-16,22,26H,3H2,1-2H3,(H,25,28)(H,27,29). The molecule has 2 amide bonds. The van der Waals surface area contributed by atoms with Gasteiger partial charge in [-0.15, -0.1) is 0 Å². The van der Waals surface area contributed by atoms with Gasteiger partial charge in [-0.05, 0) is 42.8 Å². The predicted molar refractivity (Wildman–Crippen MR) is 119 cm³/mol. The minimum Gasteiger partial charge on any atom is -0.492 e. The molecule has 0 aliphatic carbocycles. The van der Waals surface area contributed by atoms with E-state index in [-0.39, 0.29) is 11.8 Å². The van der Waals surface area contributed by atoms with Crippen molar-refractivity contribution in [2.45, 2.75) is 13.0 Å². The van der Waals surface area contributed by atoms with Gasteiger partial charge < -0.3 is 20.7 Å². The lowest BCUT2D eigenvalue weighted by Gasteiger charge is -2.21. The van der Waals surface area contributed by atoms with Gasteiger partial charge in [-0.3, -0.25) is 9.59 Å². The monoisotopic (exact) mass is 403 g/mol. The lowest BCUT2D eigenvalue weighted by molar-refractivity contribution is -0.117. The Morgan fingerprint density at radius 3 is 2.40 bits per heavy atom. The van der Waals surface area contributed by atoms with Gasteiger partial charge in [-0.25, -0.2) is 0 Å². The lowest BCUT2D eigenvalue weighted by atomic mass is 10.0. The van der Waals surface area contributed by atoms with Crippen LogP contribution in [0.4, 0.5) is 11.4 Å². The zero-order valence-electron chi connectivity index (χ0n) is 17.0. The average molecular weight is 403 g/mol. The Labute approximate surface area is 176 Å². The van der Waals surface area contributed by atoms with Crippen molar-refractivity contribution in [3.63, 3.8) is 0 Å². The molecule has 30 heavy (non-hydrogen) atoms. The third-order valence-corrected chi connectivity index (χ3v) is 4.50. The summed E-state index contributed by atoms with van der Waals surface area (Å²) < 4.78 is 5.62. The summed E-state index contributed by atoms with van der Waals surface area (Å²) in [6.07, 6.45) is 0. The van der Waals surface area contributed by atoms with E-state index in [1.165, 1.54) is 0 Å². The number of nitrogens with one attached hydrogen (secondary N) is 3. The zero-order chi connectivity index (χ0) is 21.3. The Bertz CT molecular complexity index is 1010. The number of benzene rings is 3. The molecule has 6 nitrogen and oxygen atoms in total. The van der Waals surface area contributed by atoms with E-state index in [4.69, 9.17) is 4.74 Å². The zero-order valence-corrected chi connectivity index (χ0v) is 17.0. The number of para-hydroxylation sites is 2. The van der Waals surface area contributed by atoms with Crippen LogP contribution in [-0.2, 0) is 4.79 Å². The fourth-order valence-electron chi connectivity index (χ4n) is 3.06. The molecule has 0 fully saturated rings. The Balaban J connectivity index is 1.89. The maximum Gasteiger partial charge on any atom is 0.251 e. The van der Waals surface area contributed by atoms with Crippen molar-refractivity contribution < 1.29 is 14.3 Å². The molecule has 1 atom stereocenters. The van der Waals surface area contributed by atoms with E-state index >= 15 is 0 Å². The fourth-order valence-corrected chi connectivity index (χ4v) is 3.06. The molecule has 154 valence electrons. The third kappa shape index (κ3) is 5.17. The highest BCUT2D eigenvalue weighted by molar-refractivity contribution is 5.99. The fraction of sp³-hybridized carbons (Fsp3) is 0.167. The van der Waals surface area contributed by atoms with Gasteiger partial charge in [0.25, 0.3) is 11.8 Å². The van der Waals surface area contributed by atoms with Gasteiger partial charge in [-0.2, -0.15) is 0 Å². The summed E-state index contributed by atoms with van der Waals surface area (Å²) in [6, 6.07) is 23.1. The van der Waals surface area contributed by atoms with Gasteiger partial charge in [0.15, 0.2) is 0 Å². The molecular formula is C24H25N3O3. The number of carbonyl (C=O) groups is 2. The van der Waals surface area contributed by atoms with Crippen LogP contribution < -0.4 is 20.7 Å². The second-order valence-electron chi connectivity index (χ2n) is 6.57. The van der Waals surface area contributed by atoms with Crippen molar-refractivity contribution in [2.75, 3.05) is 24.3 Å². The van der Waals surface area contributed by atoms with E-state index in [9.17, 15) is 9.59 Å². The highest BCUT2D eigenvalue weighted by Gasteiger charge is 2.22. The van der Waals surface area contributed by atoms with Gasteiger partial charge in [0.2, 0.25) is 0 Å². The molecule has 0 spiro atoms. The van der Waals surface area contributed by atoms with E-state index in [1.54, 1.807) is 31.3 Å². The number of hydrogen-bond donors (Lipinski definition) is 3. The predicted octanol–water partition coefficient (Wildman–Crippen LogP) is 4.24. The highest BCUT2D eigenvalue weighted by Crippen LogP contribution is 2.27. The van der Waals surface area contributed by atoms with Crippen molar-refractivity contribution in [1.82, 2.24) is 5.32 Å². The summed E-state index contributed by atoms with van der Waals surface area (Å²) in [6.45, 7) is 2.39. The summed E-state index contributed by atoms with van der Waals surface area (Å²) in [5.74, 6) is 0.186. The molecule has 0 bridgehead atoms. The number of ether oxygens (including phenoxy) is 1. The SMILES string of the molecule is CCOc1ccccc1NC(=O)C(Nc1cccc(C(=O)NC)c1)c1ccccc1. The largest absolute Gasteiger partial charge is 0.492 e. The molecule has 3 rings (SSSR count). The minimum absolute atomic E-state index is 0.190. The molecule has 6 heteroatoms. The van der Waals surface area contributed by atoms with Crippen LogP contribution in [0.2, 0.25) is 0 Å². The van der Waals surface area contributed by atoms with Crippen LogP contribution in [0.5, 0.6) is 5.75 Å². The summed E-state index contributed by atoms with van der Waals surface area (Å²) in [5.41, 5.74) is 2.58. The first-order valence-electron chi connectivity index (χ1n) is 9.78. The summed E-state index contributed by atoms with van der Waals surface area (Å²) in [5, 5.41) is 8.82. The first-order chi connectivity index (χ1) is 14.6. The summed E-state index contributed by atoms with van der Waals surface area (Å²) >= 11 is 0. The van der Waals surface area contributed by atoms with Crippen LogP contribution in [0.3, 0.4) is 0 Å². The van der Waals surface area contributed by atoms with Crippen molar-refractivity contribution in [3.8, 4) is 5.75 Å². The molecule has 1 unspecified atom stereocenters. The Hall–Kier alpha value is -3.80. The minimum atomic E-state index is -0.666. The van der Waals surface area contributed by atoms with E-state index in [0.29, 0.717) is 29.3 Å². The van der Waals surface area contributed by atoms with Crippen molar-refractivity contribution in [3.05, 3.63) is 90.0 Å². The number of amides is 2. The second kappa shape index (κ2) is 10.1. The Morgan fingerprint density at radius 1 is 0.933 bits per heavy atom. The van der Waals surface area contributed by atoms with Gasteiger partial charge in [-0.1, -0.05) is 48.5 Å². The molecule has 0 aliphatic heterocycles. The van der Waals surface area contributed by atoms with Crippen LogP contribution in [0.1, 0.15) is 28.9 Å². The smallest absolute Gasteiger partial charge is 0.251 e. The molecule has 3 N–H and O–H groups in total. The van der Waals surface area contributed by atoms with Gasteiger partial charge in [0.05, 0.1) is 12.3 Å². The summed E-state index contributed by atoms with van der Waals surface area (Å²) in [4.78, 5) is 25.2. The first kappa shape index (κ1) is 20.9. The summed E-state index contributed by atoms with van der Waals surface area (Å²) in [7, 11) is 1.58. The normalized spacial score (nSPS) is 11.3. The number of hydrogen-bond acceptors (Lipinski definition) is 4. The molecular weight excluding hydrogens is 378 g/mol. The second-order valence-corrected chi connectivity index (χ2v) is 6.57. The van der Waals surface area contributed by atoms with E-state index in [1.807, 2.05) is 61.5 Å².